The van der Waals surface area contributed by atoms with Crippen LogP contribution in [0.3, 0.4) is 0 Å². The number of unbranched alkanes of at least 4 members (excludes halogenated alkanes) is 1. The highest BCUT2D eigenvalue weighted by Gasteiger charge is 2.11. The highest BCUT2D eigenvalue weighted by atomic mass is 16.1. The Kier molecular flexibility index (Phi) is 7.35. The van der Waals surface area contributed by atoms with Gasteiger partial charge in [-0.05, 0) is 26.2 Å². The summed E-state index contributed by atoms with van der Waals surface area (Å²) < 4.78 is 0. The minimum absolute atomic E-state index is 0.232. The van der Waals surface area contributed by atoms with Gasteiger partial charge in [-0.25, -0.2) is 0 Å². The molecule has 0 aromatic rings. The molecule has 1 atom stereocenters. The van der Waals surface area contributed by atoms with Crippen LogP contribution >= 0.6 is 0 Å². The lowest BCUT2D eigenvalue weighted by Gasteiger charge is -2.13. The summed E-state index contributed by atoms with van der Waals surface area (Å²) in [6.45, 7) is 5.40. The zero-order valence-electron chi connectivity index (χ0n) is 9.64. The van der Waals surface area contributed by atoms with E-state index in [-0.39, 0.29) is 11.6 Å². The minimum Gasteiger partial charge on any atom is -0.300 e. The van der Waals surface area contributed by atoms with Gasteiger partial charge in [-0.15, -0.1) is 0 Å². The molecule has 0 radical (unpaired) electrons. The Morgan fingerprint density at radius 3 is 2.14 bits per heavy atom. The third-order valence-corrected chi connectivity index (χ3v) is 2.45. The first-order valence-electron chi connectivity index (χ1n) is 5.55. The maximum atomic E-state index is 11.0. The smallest absolute Gasteiger partial charge is 0.130 e. The van der Waals surface area contributed by atoms with Crippen molar-refractivity contribution in [2.24, 2.45) is 5.92 Å². The summed E-state index contributed by atoms with van der Waals surface area (Å²) in [5, 5.41) is 0. The second-order valence-corrected chi connectivity index (χ2v) is 4.16. The maximum absolute atomic E-state index is 11.0. The predicted octanol–water partition coefficient (Wildman–Crippen LogP) is 3.14. The van der Waals surface area contributed by atoms with Crippen molar-refractivity contribution in [1.29, 1.82) is 0 Å². The Labute approximate surface area is 87.1 Å². The second kappa shape index (κ2) is 7.72. The summed E-state index contributed by atoms with van der Waals surface area (Å²) in [5.41, 5.74) is 0. The SMILES string of the molecule is CCCCC(CCC(C)=O)CC(C)=O. The van der Waals surface area contributed by atoms with Gasteiger partial charge in [0, 0.05) is 12.8 Å². The van der Waals surface area contributed by atoms with Crippen molar-refractivity contribution in [3.63, 3.8) is 0 Å². The van der Waals surface area contributed by atoms with Gasteiger partial charge in [0.15, 0.2) is 0 Å². The van der Waals surface area contributed by atoms with Crippen LogP contribution in [0, 0.1) is 5.92 Å². The molecule has 0 aliphatic rings. The molecule has 0 fully saturated rings. The predicted molar refractivity (Wildman–Crippen MR) is 58.2 cm³/mol. The van der Waals surface area contributed by atoms with E-state index in [4.69, 9.17) is 0 Å². The molecule has 0 bridgehead atoms. The van der Waals surface area contributed by atoms with Crippen molar-refractivity contribution in [2.75, 3.05) is 0 Å². The lowest BCUT2D eigenvalue weighted by Crippen LogP contribution is -2.08. The van der Waals surface area contributed by atoms with E-state index in [0.29, 0.717) is 18.8 Å². The molecule has 0 saturated heterocycles. The number of rotatable bonds is 8. The average molecular weight is 198 g/mol. The van der Waals surface area contributed by atoms with E-state index in [1.54, 1.807) is 13.8 Å². The molecule has 0 aliphatic heterocycles. The average Bonchev–Trinajstić information content (AvgIpc) is 2.09. The van der Waals surface area contributed by atoms with Gasteiger partial charge >= 0.3 is 0 Å². The molecule has 0 spiro atoms. The van der Waals surface area contributed by atoms with Gasteiger partial charge in [-0.1, -0.05) is 26.2 Å². The molecule has 14 heavy (non-hydrogen) atoms. The summed E-state index contributed by atoms with van der Waals surface area (Å²) in [5.74, 6) is 0.904. The largest absolute Gasteiger partial charge is 0.300 e. The zero-order chi connectivity index (χ0) is 11.0. The fraction of sp³-hybridized carbons (Fsp3) is 0.833. The van der Waals surface area contributed by atoms with Crippen LogP contribution in [-0.2, 0) is 9.59 Å². The van der Waals surface area contributed by atoms with Gasteiger partial charge in [-0.3, -0.25) is 0 Å². The third-order valence-electron chi connectivity index (χ3n) is 2.45. The minimum atomic E-state index is 0.232. The zero-order valence-corrected chi connectivity index (χ0v) is 9.64. The summed E-state index contributed by atoms with van der Waals surface area (Å²) in [6, 6.07) is 0. The van der Waals surface area contributed by atoms with Crippen molar-refractivity contribution < 1.29 is 9.59 Å². The Bertz CT molecular complexity index is 185. The van der Waals surface area contributed by atoms with E-state index in [0.717, 1.165) is 25.7 Å². The summed E-state index contributed by atoms with van der Waals surface area (Å²) >= 11 is 0. The third kappa shape index (κ3) is 7.96. The van der Waals surface area contributed by atoms with Crippen LogP contribution in [0.15, 0.2) is 0 Å². The van der Waals surface area contributed by atoms with Crippen molar-refractivity contribution in [3.05, 3.63) is 0 Å². The molecule has 0 aromatic carbocycles. The monoisotopic (exact) mass is 198 g/mol. The molecule has 0 heterocycles. The summed E-state index contributed by atoms with van der Waals surface area (Å²) in [4.78, 5) is 21.8. The molecular formula is C12H22O2. The van der Waals surface area contributed by atoms with E-state index in [9.17, 15) is 9.59 Å². The molecule has 0 rings (SSSR count). The van der Waals surface area contributed by atoms with Crippen LogP contribution in [0.5, 0.6) is 0 Å². The van der Waals surface area contributed by atoms with Gasteiger partial charge in [0.1, 0.15) is 11.6 Å². The molecule has 2 nitrogen and oxygen atoms in total. The van der Waals surface area contributed by atoms with Crippen molar-refractivity contribution in [1.82, 2.24) is 0 Å². The van der Waals surface area contributed by atoms with E-state index < -0.39 is 0 Å². The molecule has 0 amide bonds. The first-order chi connectivity index (χ1) is 6.56. The normalized spacial score (nSPS) is 12.5. The van der Waals surface area contributed by atoms with Crippen molar-refractivity contribution >= 4 is 11.6 Å². The van der Waals surface area contributed by atoms with E-state index in [1.807, 2.05) is 0 Å². The van der Waals surface area contributed by atoms with Crippen molar-refractivity contribution in [3.8, 4) is 0 Å². The van der Waals surface area contributed by atoms with Gasteiger partial charge in [0.25, 0.3) is 0 Å². The lowest BCUT2D eigenvalue weighted by molar-refractivity contribution is -0.119. The standard InChI is InChI=1S/C12H22O2/c1-4-5-6-12(9-11(3)14)8-7-10(2)13/h12H,4-9H2,1-3H3. The summed E-state index contributed by atoms with van der Waals surface area (Å²) in [6.07, 6.45) is 5.57. The van der Waals surface area contributed by atoms with Crippen LogP contribution in [0.2, 0.25) is 0 Å². The van der Waals surface area contributed by atoms with Gasteiger partial charge in [-0.2, -0.15) is 0 Å². The van der Waals surface area contributed by atoms with Crippen LogP contribution < -0.4 is 0 Å². The number of hydrogen-bond acceptors (Lipinski definition) is 2. The number of carbonyl (C=O) groups is 2. The van der Waals surface area contributed by atoms with E-state index >= 15 is 0 Å². The second-order valence-electron chi connectivity index (χ2n) is 4.16. The van der Waals surface area contributed by atoms with Crippen LogP contribution in [0.4, 0.5) is 0 Å². The fourth-order valence-corrected chi connectivity index (χ4v) is 1.66. The van der Waals surface area contributed by atoms with Crippen molar-refractivity contribution in [2.45, 2.75) is 59.3 Å². The Balaban J connectivity index is 3.83. The lowest BCUT2D eigenvalue weighted by atomic mass is 9.91. The molecule has 2 heteroatoms. The summed E-state index contributed by atoms with van der Waals surface area (Å²) in [7, 11) is 0. The Morgan fingerprint density at radius 1 is 1.07 bits per heavy atom. The quantitative estimate of drug-likeness (QED) is 0.600. The Morgan fingerprint density at radius 2 is 1.71 bits per heavy atom. The first kappa shape index (κ1) is 13.3. The number of carbonyl (C=O) groups excluding carboxylic acids is 2. The molecule has 82 valence electrons. The topological polar surface area (TPSA) is 34.1 Å². The van der Waals surface area contributed by atoms with E-state index in [1.165, 1.54) is 0 Å². The van der Waals surface area contributed by atoms with E-state index in [2.05, 4.69) is 6.92 Å². The number of Topliss-reactive ketones (excluding diaryl/α,β-unsaturated/α-hetero) is 2. The Hall–Kier alpha value is -0.660. The van der Waals surface area contributed by atoms with Gasteiger partial charge in [0.2, 0.25) is 0 Å². The molecule has 1 unspecified atom stereocenters. The van der Waals surface area contributed by atoms with Crippen LogP contribution in [-0.4, -0.2) is 11.6 Å². The molecule has 0 saturated carbocycles. The highest BCUT2D eigenvalue weighted by Crippen LogP contribution is 2.19. The van der Waals surface area contributed by atoms with Gasteiger partial charge in [0.05, 0.1) is 0 Å². The highest BCUT2D eigenvalue weighted by molar-refractivity contribution is 5.76. The number of ketones is 2. The van der Waals surface area contributed by atoms with Crippen LogP contribution in [0.25, 0.3) is 0 Å². The van der Waals surface area contributed by atoms with Gasteiger partial charge < -0.3 is 9.59 Å². The maximum Gasteiger partial charge on any atom is 0.130 e. The number of hydrogen-bond donors (Lipinski definition) is 0. The fourth-order valence-electron chi connectivity index (χ4n) is 1.66. The molecular weight excluding hydrogens is 176 g/mol. The molecule has 0 N–H and O–H groups in total. The van der Waals surface area contributed by atoms with Crippen LogP contribution in [0.1, 0.15) is 59.3 Å². The molecule has 0 aromatic heterocycles. The molecule has 0 aliphatic carbocycles. The first-order valence-corrected chi connectivity index (χ1v) is 5.55.